The van der Waals surface area contributed by atoms with Crippen LogP contribution >= 0.6 is 0 Å². The summed E-state index contributed by atoms with van der Waals surface area (Å²) in [5.41, 5.74) is 0.322. The van der Waals surface area contributed by atoms with Gasteiger partial charge < -0.3 is 20.1 Å². The highest BCUT2D eigenvalue weighted by atomic mass is 16.6. The third-order valence-electron chi connectivity index (χ3n) is 3.07. The molecule has 0 radical (unpaired) electrons. The number of nitrogens with zero attached hydrogens (tertiary/aromatic N) is 2. The van der Waals surface area contributed by atoms with Crippen molar-refractivity contribution in [3.05, 3.63) is 33.1 Å². The van der Waals surface area contributed by atoms with Crippen LogP contribution in [0.1, 0.15) is 13.2 Å². The second kappa shape index (κ2) is 5.77. The van der Waals surface area contributed by atoms with Crippen LogP contribution in [-0.2, 0) is 9.53 Å². The fourth-order valence-electron chi connectivity index (χ4n) is 2.06. The minimum Gasteiger partial charge on any atom is -0.394 e. The smallest absolute Gasteiger partial charge is 0.352 e. The van der Waals surface area contributed by atoms with Crippen molar-refractivity contribution in [1.82, 2.24) is 9.24 Å². The maximum Gasteiger partial charge on any atom is 0.352 e. The highest BCUT2D eigenvalue weighted by molar-refractivity contribution is 5.80. The Morgan fingerprint density at radius 1 is 1.38 bits per heavy atom. The number of carbonyl (C=O) groups is 1. The van der Waals surface area contributed by atoms with Gasteiger partial charge >= 0.3 is 5.69 Å². The Bertz CT molecular complexity index is 652. The Balaban J connectivity index is 2.44. The van der Waals surface area contributed by atoms with Gasteiger partial charge in [0.05, 0.1) is 6.61 Å². The Hall–Kier alpha value is -2.01. The molecule has 1 saturated heterocycles. The summed E-state index contributed by atoms with van der Waals surface area (Å²) >= 11 is 0. The molecule has 1 aliphatic heterocycles. The standard InChI is InChI=1S/C11H15N3O7/c1-5(16)12-14-7(17)2-3-13(11(14)20)10-9(19)8(18)6(4-15)21-10/h2-3,6,8-10,15,18-19H,4H2,1H3,(H,12,16)/t6-,8?,9?,10-/m0/s1. The normalized spacial score (nSPS) is 28.6. The summed E-state index contributed by atoms with van der Waals surface area (Å²) in [5, 5.41) is 28.5. The van der Waals surface area contributed by atoms with E-state index in [1.165, 1.54) is 0 Å². The fourth-order valence-corrected chi connectivity index (χ4v) is 2.06. The lowest BCUT2D eigenvalue weighted by atomic mass is 10.1. The van der Waals surface area contributed by atoms with Crippen LogP contribution in [0.3, 0.4) is 0 Å². The highest BCUT2D eigenvalue weighted by Gasteiger charge is 2.43. The molecule has 0 aromatic carbocycles. The molecular weight excluding hydrogens is 286 g/mol. The average Bonchev–Trinajstić information content (AvgIpc) is 2.71. The Kier molecular flexibility index (Phi) is 4.23. The van der Waals surface area contributed by atoms with Gasteiger partial charge in [-0.1, -0.05) is 0 Å². The van der Waals surface area contributed by atoms with Crippen molar-refractivity contribution in [3.63, 3.8) is 0 Å². The monoisotopic (exact) mass is 301 g/mol. The number of ether oxygens (including phenoxy) is 1. The quantitative estimate of drug-likeness (QED) is 0.458. The fraction of sp³-hybridized carbons (Fsp3) is 0.545. The van der Waals surface area contributed by atoms with Gasteiger partial charge in [-0.2, -0.15) is 4.68 Å². The first kappa shape index (κ1) is 15.4. The molecule has 10 nitrogen and oxygen atoms in total. The van der Waals surface area contributed by atoms with E-state index in [1.54, 1.807) is 0 Å². The van der Waals surface area contributed by atoms with E-state index in [2.05, 4.69) is 0 Å². The number of aromatic nitrogens is 2. The molecule has 1 aromatic heterocycles. The van der Waals surface area contributed by atoms with Gasteiger partial charge in [0.2, 0.25) is 5.91 Å². The van der Waals surface area contributed by atoms with E-state index in [4.69, 9.17) is 9.84 Å². The van der Waals surface area contributed by atoms with Gasteiger partial charge in [0, 0.05) is 19.2 Å². The van der Waals surface area contributed by atoms with E-state index in [0.717, 1.165) is 23.8 Å². The van der Waals surface area contributed by atoms with Crippen LogP contribution in [-0.4, -0.2) is 55.4 Å². The van der Waals surface area contributed by atoms with Gasteiger partial charge in [-0.25, -0.2) is 4.79 Å². The van der Waals surface area contributed by atoms with Crippen LogP contribution in [0.25, 0.3) is 0 Å². The first-order chi connectivity index (χ1) is 9.86. The summed E-state index contributed by atoms with van der Waals surface area (Å²) < 4.78 is 6.49. The summed E-state index contributed by atoms with van der Waals surface area (Å²) in [7, 11) is 0. The minimum atomic E-state index is -1.47. The van der Waals surface area contributed by atoms with Crippen LogP contribution < -0.4 is 16.7 Å². The average molecular weight is 301 g/mol. The number of hydrogen-bond acceptors (Lipinski definition) is 7. The zero-order valence-corrected chi connectivity index (χ0v) is 11.0. The number of amides is 1. The van der Waals surface area contributed by atoms with E-state index >= 15 is 0 Å². The van der Waals surface area contributed by atoms with Crippen LogP contribution in [0, 0.1) is 0 Å². The zero-order valence-electron chi connectivity index (χ0n) is 11.0. The predicted molar refractivity (Wildman–Crippen MR) is 68.0 cm³/mol. The number of hydrogen-bond donors (Lipinski definition) is 4. The lowest BCUT2D eigenvalue weighted by Crippen LogP contribution is -2.47. The number of aliphatic hydroxyl groups excluding tert-OH is 3. The summed E-state index contributed by atoms with van der Waals surface area (Å²) in [6, 6.07) is 0.992. The first-order valence-electron chi connectivity index (χ1n) is 6.11. The second-order valence-corrected chi connectivity index (χ2v) is 4.58. The first-order valence-corrected chi connectivity index (χ1v) is 6.11. The third-order valence-corrected chi connectivity index (χ3v) is 3.07. The predicted octanol–water partition coefficient (Wildman–Crippen LogP) is -3.29. The van der Waals surface area contributed by atoms with Crippen LogP contribution in [0.4, 0.5) is 0 Å². The van der Waals surface area contributed by atoms with Crippen molar-refractivity contribution in [1.29, 1.82) is 0 Å². The molecule has 2 heterocycles. The summed E-state index contributed by atoms with van der Waals surface area (Å²) in [4.78, 5) is 34.7. The van der Waals surface area contributed by atoms with E-state index in [9.17, 15) is 24.6 Å². The van der Waals surface area contributed by atoms with Crippen molar-refractivity contribution >= 4 is 5.91 Å². The van der Waals surface area contributed by atoms with Crippen molar-refractivity contribution < 1.29 is 24.9 Å². The van der Waals surface area contributed by atoms with Gasteiger partial charge in [-0.05, 0) is 0 Å². The van der Waals surface area contributed by atoms with Gasteiger partial charge in [-0.3, -0.25) is 19.6 Å². The molecule has 1 amide bonds. The molecule has 1 aromatic rings. The molecule has 4 N–H and O–H groups in total. The molecule has 21 heavy (non-hydrogen) atoms. The maximum absolute atomic E-state index is 12.1. The van der Waals surface area contributed by atoms with Crippen LogP contribution in [0.2, 0.25) is 0 Å². The van der Waals surface area contributed by atoms with E-state index in [-0.39, 0.29) is 0 Å². The zero-order chi connectivity index (χ0) is 15.7. The molecule has 1 aliphatic rings. The topological polar surface area (TPSA) is 143 Å². The molecule has 10 heteroatoms. The molecule has 4 atom stereocenters. The largest absolute Gasteiger partial charge is 0.394 e. The van der Waals surface area contributed by atoms with E-state index in [1.807, 2.05) is 5.43 Å². The molecule has 0 saturated carbocycles. The molecule has 1 fully saturated rings. The lowest BCUT2D eigenvalue weighted by molar-refractivity contribution is -0.115. The number of nitrogens with one attached hydrogen (secondary N) is 1. The minimum absolute atomic E-state index is 0.455. The molecule has 2 rings (SSSR count). The van der Waals surface area contributed by atoms with E-state index < -0.39 is 48.3 Å². The SMILES string of the molecule is CC(=O)Nn1c(=O)ccn([C@H]2O[C@@H](CO)C(O)C2O)c1=O. The van der Waals surface area contributed by atoms with Gasteiger partial charge in [0.1, 0.15) is 18.3 Å². The Morgan fingerprint density at radius 3 is 2.57 bits per heavy atom. The number of rotatable bonds is 3. The number of carbonyl (C=O) groups excluding carboxylic acids is 1. The van der Waals surface area contributed by atoms with Gasteiger partial charge in [0.15, 0.2) is 6.23 Å². The molecule has 0 aliphatic carbocycles. The lowest BCUT2D eigenvalue weighted by Gasteiger charge is -2.18. The summed E-state index contributed by atoms with van der Waals surface area (Å²) in [6.45, 7) is 0.574. The van der Waals surface area contributed by atoms with E-state index in [0.29, 0.717) is 4.68 Å². The molecular formula is C11H15N3O7. The number of aliphatic hydroxyl groups is 3. The Labute approximate surface area is 117 Å². The molecule has 116 valence electrons. The molecule has 0 spiro atoms. The van der Waals surface area contributed by atoms with Crippen molar-refractivity contribution in [3.8, 4) is 0 Å². The highest BCUT2D eigenvalue weighted by Crippen LogP contribution is 2.27. The van der Waals surface area contributed by atoms with Gasteiger partial charge in [-0.15, -0.1) is 0 Å². The Morgan fingerprint density at radius 2 is 2.05 bits per heavy atom. The third kappa shape index (κ3) is 2.74. The molecule has 2 unspecified atom stereocenters. The van der Waals surface area contributed by atoms with Gasteiger partial charge in [0.25, 0.3) is 5.56 Å². The van der Waals surface area contributed by atoms with Crippen molar-refractivity contribution in [2.45, 2.75) is 31.5 Å². The van der Waals surface area contributed by atoms with Crippen molar-refractivity contribution in [2.24, 2.45) is 0 Å². The van der Waals surface area contributed by atoms with Crippen LogP contribution in [0.15, 0.2) is 21.9 Å². The summed E-state index contributed by atoms with van der Waals surface area (Å²) in [6.07, 6.45) is -4.12. The van der Waals surface area contributed by atoms with Crippen molar-refractivity contribution in [2.75, 3.05) is 12.0 Å². The van der Waals surface area contributed by atoms with Crippen LogP contribution in [0.5, 0.6) is 0 Å². The molecule has 0 bridgehead atoms. The summed E-state index contributed by atoms with van der Waals surface area (Å²) in [5.74, 6) is -0.631. The second-order valence-electron chi connectivity index (χ2n) is 4.58. The maximum atomic E-state index is 12.1.